The van der Waals surface area contributed by atoms with E-state index in [1.807, 2.05) is 12.1 Å². The first-order valence-electron chi connectivity index (χ1n) is 17.0. The van der Waals surface area contributed by atoms with Gasteiger partial charge in [-0.2, -0.15) is 0 Å². The molecular weight excluding hydrogens is 609 g/mol. The van der Waals surface area contributed by atoms with E-state index in [1.165, 1.54) is 38.2 Å². The lowest BCUT2D eigenvalue weighted by molar-refractivity contribution is 0.669. The molecule has 0 saturated carbocycles. The molecule has 0 atom stereocenters. The van der Waals surface area contributed by atoms with Crippen molar-refractivity contribution in [2.24, 2.45) is 0 Å². The summed E-state index contributed by atoms with van der Waals surface area (Å²) >= 11 is 0. The minimum Gasteiger partial charge on any atom is -0.454 e. The monoisotopic (exact) mass is 638 g/mol. The number of anilines is 3. The van der Waals surface area contributed by atoms with Gasteiger partial charge in [0.15, 0.2) is 5.58 Å². The van der Waals surface area contributed by atoms with Gasteiger partial charge < -0.3 is 9.32 Å². The summed E-state index contributed by atoms with van der Waals surface area (Å²) in [4.78, 5) is 7.33. The standard InChI is InChI=1S/C47H30N2O/c1-2-12-34-28-35(21-20-31(34)10-1)32-22-24-37(25-23-32)49(44-19-8-6-16-41(44)40-17-9-14-33-11-3-5-15-39(33)40)38-26-27-42-45(30-38)50-46-29-36-13-4-7-18-43(36)48-47(42)46/h1-30H. The molecule has 2 aromatic heterocycles. The molecule has 10 aromatic rings. The number of aromatic nitrogens is 1. The summed E-state index contributed by atoms with van der Waals surface area (Å²) in [5, 5.41) is 6.99. The zero-order valence-electron chi connectivity index (χ0n) is 27.1. The number of para-hydroxylation sites is 2. The normalized spacial score (nSPS) is 11.6. The maximum absolute atomic E-state index is 6.52. The van der Waals surface area contributed by atoms with E-state index in [0.29, 0.717) is 0 Å². The number of benzene rings is 8. The topological polar surface area (TPSA) is 29.3 Å². The Bertz CT molecular complexity index is 2880. The lowest BCUT2D eigenvalue weighted by atomic mass is 9.96. The number of furan rings is 1. The molecule has 0 radical (unpaired) electrons. The fourth-order valence-corrected chi connectivity index (χ4v) is 7.37. The molecule has 2 heterocycles. The van der Waals surface area contributed by atoms with Gasteiger partial charge in [0, 0.05) is 33.8 Å². The molecule has 0 amide bonds. The summed E-state index contributed by atoms with van der Waals surface area (Å²) in [5.74, 6) is 0. The Morgan fingerprint density at radius 2 is 1.08 bits per heavy atom. The van der Waals surface area contributed by atoms with E-state index in [9.17, 15) is 0 Å². The zero-order valence-corrected chi connectivity index (χ0v) is 27.1. The highest BCUT2D eigenvalue weighted by atomic mass is 16.3. The Labute approximate surface area is 289 Å². The SMILES string of the molecule is c1ccc(N(c2ccc(-c3ccc4ccccc4c3)cc2)c2ccc3c(c2)oc2cc4ccccc4nc23)c(-c2cccc3ccccc23)c1. The number of rotatable bonds is 5. The molecule has 0 fully saturated rings. The van der Waals surface area contributed by atoms with Crippen molar-refractivity contribution in [3.05, 3.63) is 182 Å². The van der Waals surface area contributed by atoms with Gasteiger partial charge in [0.25, 0.3) is 0 Å². The van der Waals surface area contributed by atoms with Crippen molar-refractivity contribution in [3.63, 3.8) is 0 Å². The summed E-state index contributed by atoms with van der Waals surface area (Å²) in [5.41, 5.74) is 11.3. The number of pyridine rings is 1. The second-order valence-corrected chi connectivity index (χ2v) is 12.8. The lowest BCUT2D eigenvalue weighted by Gasteiger charge is -2.28. The Morgan fingerprint density at radius 3 is 1.98 bits per heavy atom. The number of hydrogen-bond donors (Lipinski definition) is 0. The highest BCUT2D eigenvalue weighted by Crippen LogP contribution is 2.44. The van der Waals surface area contributed by atoms with Crippen molar-refractivity contribution in [3.8, 4) is 22.3 Å². The van der Waals surface area contributed by atoms with Crippen molar-refractivity contribution in [1.82, 2.24) is 4.98 Å². The van der Waals surface area contributed by atoms with Crippen LogP contribution in [0.3, 0.4) is 0 Å². The summed E-state index contributed by atoms with van der Waals surface area (Å²) in [7, 11) is 0. The molecule has 0 N–H and O–H groups in total. The van der Waals surface area contributed by atoms with Crippen molar-refractivity contribution in [1.29, 1.82) is 0 Å². The molecule has 0 aliphatic heterocycles. The molecule has 0 aliphatic carbocycles. The molecule has 50 heavy (non-hydrogen) atoms. The molecule has 0 saturated heterocycles. The Balaban J connectivity index is 1.16. The predicted octanol–water partition coefficient (Wildman–Crippen LogP) is 13.2. The Hall–Kier alpha value is -6.71. The minimum atomic E-state index is 0.790. The van der Waals surface area contributed by atoms with Crippen LogP contribution in [0.2, 0.25) is 0 Å². The Morgan fingerprint density at radius 1 is 0.400 bits per heavy atom. The van der Waals surface area contributed by atoms with E-state index in [0.717, 1.165) is 55.6 Å². The van der Waals surface area contributed by atoms with E-state index in [-0.39, 0.29) is 0 Å². The number of fused-ring (bicyclic) bond motifs is 6. The van der Waals surface area contributed by atoms with E-state index in [1.54, 1.807) is 0 Å². The smallest absolute Gasteiger partial charge is 0.154 e. The maximum atomic E-state index is 6.52. The molecule has 3 heteroatoms. The fourth-order valence-electron chi connectivity index (χ4n) is 7.37. The van der Waals surface area contributed by atoms with Gasteiger partial charge in [-0.1, -0.05) is 127 Å². The van der Waals surface area contributed by atoms with Crippen LogP contribution < -0.4 is 4.90 Å². The highest BCUT2D eigenvalue weighted by Gasteiger charge is 2.20. The molecule has 3 nitrogen and oxygen atoms in total. The Kier molecular flexibility index (Phi) is 6.49. The van der Waals surface area contributed by atoms with Gasteiger partial charge in [-0.3, -0.25) is 0 Å². The van der Waals surface area contributed by atoms with Crippen molar-refractivity contribution >= 4 is 71.6 Å². The quantitative estimate of drug-likeness (QED) is 0.188. The van der Waals surface area contributed by atoms with Gasteiger partial charge in [-0.05, 0) is 86.8 Å². The van der Waals surface area contributed by atoms with E-state index >= 15 is 0 Å². The molecule has 0 unspecified atom stereocenters. The summed E-state index contributed by atoms with van der Waals surface area (Å²) < 4.78 is 6.52. The third-order valence-electron chi connectivity index (χ3n) is 9.82. The number of hydrogen-bond acceptors (Lipinski definition) is 3. The summed E-state index contributed by atoms with van der Waals surface area (Å²) in [6, 6.07) is 64.7. The van der Waals surface area contributed by atoms with Crippen molar-refractivity contribution in [2.75, 3.05) is 4.90 Å². The predicted molar refractivity (Wildman–Crippen MR) is 210 cm³/mol. The second kappa shape index (κ2) is 11.5. The molecule has 10 rings (SSSR count). The molecule has 0 aliphatic rings. The van der Waals surface area contributed by atoms with Gasteiger partial charge in [-0.15, -0.1) is 0 Å². The van der Waals surface area contributed by atoms with E-state index in [4.69, 9.17) is 9.40 Å². The van der Waals surface area contributed by atoms with Gasteiger partial charge in [0.2, 0.25) is 0 Å². The minimum absolute atomic E-state index is 0.790. The molecule has 234 valence electrons. The largest absolute Gasteiger partial charge is 0.454 e. The van der Waals surface area contributed by atoms with Crippen LogP contribution in [0.1, 0.15) is 0 Å². The van der Waals surface area contributed by atoms with E-state index < -0.39 is 0 Å². The van der Waals surface area contributed by atoms with Gasteiger partial charge in [0.1, 0.15) is 11.1 Å². The highest BCUT2D eigenvalue weighted by molar-refractivity contribution is 6.08. The average molecular weight is 639 g/mol. The first kappa shape index (κ1) is 28.3. The van der Waals surface area contributed by atoms with Crippen LogP contribution in [-0.4, -0.2) is 4.98 Å². The molecule has 0 spiro atoms. The fraction of sp³-hybridized carbons (Fsp3) is 0. The van der Waals surface area contributed by atoms with Crippen LogP contribution in [0.4, 0.5) is 17.1 Å². The molecule has 0 bridgehead atoms. The number of nitrogens with zero attached hydrogens (tertiary/aromatic N) is 2. The van der Waals surface area contributed by atoms with Crippen LogP contribution in [0, 0.1) is 0 Å². The van der Waals surface area contributed by atoms with Crippen molar-refractivity contribution < 1.29 is 4.42 Å². The molecule has 8 aromatic carbocycles. The van der Waals surface area contributed by atoms with E-state index in [2.05, 4.69) is 175 Å². The zero-order chi connectivity index (χ0) is 33.0. The van der Waals surface area contributed by atoms with Crippen LogP contribution in [0.15, 0.2) is 186 Å². The van der Waals surface area contributed by atoms with Gasteiger partial charge >= 0.3 is 0 Å². The average Bonchev–Trinajstić information content (AvgIpc) is 3.53. The van der Waals surface area contributed by atoms with Gasteiger partial charge in [0.05, 0.1) is 11.2 Å². The van der Waals surface area contributed by atoms with Crippen molar-refractivity contribution in [2.45, 2.75) is 0 Å². The maximum Gasteiger partial charge on any atom is 0.154 e. The van der Waals surface area contributed by atoms with Gasteiger partial charge in [-0.25, -0.2) is 4.98 Å². The second-order valence-electron chi connectivity index (χ2n) is 12.8. The van der Waals surface area contributed by atoms with Crippen LogP contribution in [0.5, 0.6) is 0 Å². The van der Waals surface area contributed by atoms with Crippen LogP contribution in [0.25, 0.3) is 76.8 Å². The third-order valence-corrected chi connectivity index (χ3v) is 9.82. The van der Waals surface area contributed by atoms with Crippen LogP contribution in [-0.2, 0) is 0 Å². The summed E-state index contributed by atoms with van der Waals surface area (Å²) in [6.45, 7) is 0. The lowest BCUT2D eigenvalue weighted by Crippen LogP contribution is -2.11. The first-order chi connectivity index (χ1) is 24.8. The van der Waals surface area contributed by atoms with Crippen LogP contribution >= 0.6 is 0 Å². The summed E-state index contributed by atoms with van der Waals surface area (Å²) in [6.07, 6.45) is 0. The first-order valence-corrected chi connectivity index (χ1v) is 17.0. The molecular formula is C47H30N2O. The third kappa shape index (κ3) is 4.71.